The first-order chi connectivity index (χ1) is 11.0. The molecule has 4 atom stereocenters. The van der Waals surface area contributed by atoms with E-state index < -0.39 is 11.9 Å². The maximum Gasteiger partial charge on any atom is 0.307 e. The van der Waals surface area contributed by atoms with Gasteiger partial charge in [0.15, 0.2) is 0 Å². The van der Waals surface area contributed by atoms with E-state index in [4.69, 9.17) is 0 Å². The average Bonchev–Trinajstić information content (AvgIpc) is 3.05. The van der Waals surface area contributed by atoms with Gasteiger partial charge >= 0.3 is 5.97 Å². The highest BCUT2D eigenvalue weighted by Crippen LogP contribution is 2.56. The molecule has 5 saturated carbocycles. The zero-order valence-electron chi connectivity index (χ0n) is 13.4. The van der Waals surface area contributed by atoms with Crippen molar-refractivity contribution in [1.29, 1.82) is 0 Å². The molecule has 5 fully saturated rings. The normalized spacial score (nSPS) is 52.1. The van der Waals surface area contributed by atoms with Crippen molar-refractivity contribution in [3.63, 3.8) is 0 Å². The largest absolute Gasteiger partial charge is 0.481 e. The highest BCUT2D eigenvalue weighted by molar-refractivity contribution is 5.87. The Hall–Kier alpha value is -1.32. The quantitative estimate of drug-likeness (QED) is 0.787. The summed E-state index contributed by atoms with van der Waals surface area (Å²) >= 11 is 0. The Bertz CT molecular complexity index is 560. The number of rotatable bonds is 3. The lowest BCUT2D eigenvalue weighted by atomic mass is 9.53. The molecule has 4 heteroatoms. The molecular weight excluding hydrogens is 290 g/mol. The van der Waals surface area contributed by atoms with Crippen molar-refractivity contribution in [2.24, 2.45) is 41.4 Å². The van der Waals surface area contributed by atoms with Gasteiger partial charge in [-0.3, -0.25) is 9.59 Å². The summed E-state index contributed by atoms with van der Waals surface area (Å²) in [7, 11) is 0. The number of carbonyl (C=O) groups excluding carboxylic acids is 1. The van der Waals surface area contributed by atoms with E-state index in [1.807, 2.05) is 6.08 Å². The average molecular weight is 315 g/mol. The summed E-state index contributed by atoms with van der Waals surface area (Å²) in [5, 5.41) is 13.0. The minimum atomic E-state index is -0.799. The van der Waals surface area contributed by atoms with Gasteiger partial charge in [0, 0.05) is 5.54 Å². The van der Waals surface area contributed by atoms with E-state index in [9.17, 15) is 14.7 Å². The van der Waals surface area contributed by atoms with Gasteiger partial charge < -0.3 is 10.4 Å². The van der Waals surface area contributed by atoms with Gasteiger partial charge in [-0.1, -0.05) is 12.2 Å². The third-order valence-electron chi connectivity index (χ3n) is 7.47. The SMILES string of the molecule is O=C(O)[C@@H]1[C@H](C(=O)NC23CC4CC(CC(C4)C2)C3)[C@H]2C=C[C@H]1C2. The van der Waals surface area contributed by atoms with Crippen LogP contribution in [0.4, 0.5) is 0 Å². The second kappa shape index (κ2) is 4.61. The summed E-state index contributed by atoms with van der Waals surface area (Å²) < 4.78 is 0. The molecule has 6 aliphatic rings. The molecule has 124 valence electrons. The van der Waals surface area contributed by atoms with Crippen LogP contribution in [-0.4, -0.2) is 22.5 Å². The number of fused-ring (bicyclic) bond motifs is 2. The van der Waals surface area contributed by atoms with Crippen LogP contribution < -0.4 is 5.32 Å². The smallest absolute Gasteiger partial charge is 0.307 e. The lowest BCUT2D eigenvalue weighted by Crippen LogP contribution is -2.61. The summed E-state index contributed by atoms with van der Waals surface area (Å²) in [6, 6.07) is 0. The highest BCUT2D eigenvalue weighted by Gasteiger charge is 2.55. The Kier molecular flexibility index (Phi) is 2.82. The molecule has 6 bridgehead atoms. The van der Waals surface area contributed by atoms with Gasteiger partial charge in [0.05, 0.1) is 11.8 Å². The molecule has 1 amide bonds. The molecule has 4 nitrogen and oxygen atoms in total. The van der Waals surface area contributed by atoms with Crippen molar-refractivity contribution in [3.8, 4) is 0 Å². The van der Waals surface area contributed by atoms with Crippen molar-refractivity contribution in [1.82, 2.24) is 5.32 Å². The molecule has 23 heavy (non-hydrogen) atoms. The number of carbonyl (C=O) groups is 2. The Morgan fingerprint density at radius 2 is 1.39 bits per heavy atom. The summed E-state index contributed by atoms with van der Waals surface area (Å²) in [6.07, 6.45) is 12.4. The zero-order chi connectivity index (χ0) is 15.8. The van der Waals surface area contributed by atoms with Crippen molar-refractivity contribution < 1.29 is 14.7 Å². The van der Waals surface area contributed by atoms with Crippen molar-refractivity contribution in [2.45, 2.75) is 50.5 Å². The molecule has 0 spiro atoms. The van der Waals surface area contributed by atoms with Crippen LogP contribution in [0.3, 0.4) is 0 Å². The molecule has 0 radical (unpaired) electrons. The zero-order valence-corrected chi connectivity index (χ0v) is 13.4. The van der Waals surface area contributed by atoms with Crippen LogP contribution in [0.2, 0.25) is 0 Å². The Balaban J connectivity index is 1.37. The molecule has 6 aliphatic carbocycles. The van der Waals surface area contributed by atoms with Gasteiger partial charge in [0.1, 0.15) is 0 Å². The molecule has 0 saturated heterocycles. The maximum atomic E-state index is 13.0. The van der Waals surface area contributed by atoms with E-state index in [0.29, 0.717) is 0 Å². The minimum absolute atomic E-state index is 0.0135. The molecule has 0 unspecified atom stereocenters. The van der Waals surface area contributed by atoms with Crippen LogP contribution >= 0.6 is 0 Å². The second-order valence-electron chi connectivity index (χ2n) is 9.03. The van der Waals surface area contributed by atoms with E-state index in [1.165, 1.54) is 19.3 Å². The van der Waals surface area contributed by atoms with Crippen LogP contribution in [0.1, 0.15) is 44.9 Å². The fraction of sp³-hybridized carbons (Fsp3) is 0.789. The Morgan fingerprint density at radius 1 is 0.870 bits per heavy atom. The fourth-order valence-corrected chi connectivity index (χ4v) is 7.12. The lowest BCUT2D eigenvalue weighted by Gasteiger charge is -2.57. The number of allylic oxidation sites excluding steroid dienone is 2. The predicted octanol–water partition coefficient (Wildman–Crippen LogP) is 2.59. The van der Waals surface area contributed by atoms with E-state index in [1.54, 1.807) is 0 Å². The third-order valence-corrected chi connectivity index (χ3v) is 7.47. The number of nitrogens with one attached hydrogen (secondary N) is 1. The number of carboxylic acid groups (broad SMARTS) is 1. The van der Waals surface area contributed by atoms with Gasteiger partial charge in [-0.05, 0) is 74.5 Å². The van der Waals surface area contributed by atoms with Crippen LogP contribution in [0.5, 0.6) is 0 Å². The minimum Gasteiger partial charge on any atom is -0.481 e. The predicted molar refractivity (Wildman–Crippen MR) is 84.4 cm³/mol. The summed E-state index contributed by atoms with van der Waals surface area (Å²) in [5.74, 6) is 0.919. The molecule has 2 N–H and O–H groups in total. The molecule has 0 heterocycles. The summed E-state index contributed by atoms with van der Waals surface area (Å²) in [5.41, 5.74) is -0.0135. The van der Waals surface area contributed by atoms with Gasteiger partial charge in [-0.2, -0.15) is 0 Å². The van der Waals surface area contributed by atoms with E-state index in [2.05, 4.69) is 11.4 Å². The molecule has 0 aliphatic heterocycles. The first-order valence-electron chi connectivity index (χ1n) is 9.26. The van der Waals surface area contributed by atoms with Crippen molar-refractivity contribution in [2.75, 3.05) is 0 Å². The second-order valence-corrected chi connectivity index (χ2v) is 9.03. The topological polar surface area (TPSA) is 66.4 Å². The maximum absolute atomic E-state index is 13.0. The standard InChI is InChI=1S/C19H25NO3/c21-17(15-13-1-2-14(6-13)16(15)18(22)23)20-19-7-10-3-11(8-19)5-12(4-10)9-19/h1-2,10-16H,3-9H2,(H,20,21)(H,22,23)/t10?,11?,12?,13-,14-,15+,16-,19?/m0/s1. The Morgan fingerprint density at radius 3 is 1.91 bits per heavy atom. The van der Waals surface area contributed by atoms with E-state index in [-0.39, 0.29) is 29.2 Å². The molecule has 6 rings (SSSR count). The monoisotopic (exact) mass is 315 g/mol. The van der Waals surface area contributed by atoms with E-state index in [0.717, 1.165) is 43.4 Å². The summed E-state index contributed by atoms with van der Waals surface area (Å²) in [4.78, 5) is 24.7. The molecular formula is C19H25NO3. The van der Waals surface area contributed by atoms with E-state index >= 15 is 0 Å². The van der Waals surface area contributed by atoms with Crippen molar-refractivity contribution in [3.05, 3.63) is 12.2 Å². The third kappa shape index (κ3) is 2.03. The van der Waals surface area contributed by atoms with Crippen LogP contribution in [0.25, 0.3) is 0 Å². The van der Waals surface area contributed by atoms with Gasteiger partial charge in [-0.15, -0.1) is 0 Å². The van der Waals surface area contributed by atoms with Gasteiger partial charge in [0.25, 0.3) is 0 Å². The van der Waals surface area contributed by atoms with Crippen LogP contribution in [0, 0.1) is 41.4 Å². The lowest BCUT2D eigenvalue weighted by molar-refractivity contribution is -0.149. The number of amides is 1. The van der Waals surface area contributed by atoms with Gasteiger partial charge in [0.2, 0.25) is 5.91 Å². The van der Waals surface area contributed by atoms with Gasteiger partial charge in [-0.25, -0.2) is 0 Å². The van der Waals surface area contributed by atoms with Crippen LogP contribution in [0.15, 0.2) is 12.2 Å². The molecule has 0 aromatic heterocycles. The number of hydrogen-bond donors (Lipinski definition) is 2. The van der Waals surface area contributed by atoms with Crippen LogP contribution in [-0.2, 0) is 9.59 Å². The molecule has 0 aromatic carbocycles. The molecule has 0 aromatic rings. The number of aliphatic carboxylic acids is 1. The van der Waals surface area contributed by atoms with Crippen molar-refractivity contribution >= 4 is 11.9 Å². The number of hydrogen-bond acceptors (Lipinski definition) is 2. The first kappa shape index (κ1) is 14.1. The summed E-state index contributed by atoms with van der Waals surface area (Å²) in [6.45, 7) is 0. The number of carboxylic acids is 1. The Labute approximate surface area is 136 Å². The first-order valence-corrected chi connectivity index (χ1v) is 9.26. The highest BCUT2D eigenvalue weighted by atomic mass is 16.4. The fourth-order valence-electron chi connectivity index (χ4n) is 7.12.